The third kappa shape index (κ3) is 5.15. The van der Waals surface area contributed by atoms with Crippen molar-refractivity contribution in [3.8, 4) is 0 Å². The molecule has 2 aromatic rings. The van der Waals surface area contributed by atoms with Gasteiger partial charge in [-0.05, 0) is 17.7 Å². The number of hydrazone groups is 1. The zero-order valence-corrected chi connectivity index (χ0v) is 15.1. The van der Waals surface area contributed by atoms with Crippen LogP contribution in [0.3, 0.4) is 0 Å². The van der Waals surface area contributed by atoms with Crippen LogP contribution < -0.4 is 5.32 Å². The molecule has 2 aromatic carbocycles. The number of carbonyl (C=O) groups is 2. The van der Waals surface area contributed by atoms with Gasteiger partial charge in [-0.1, -0.05) is 59.2 Å². The van der Waals surface area contributed by atoms with Crippen molar-refractivity contribution in [2.45, 2.75) is 6.42 Å². The van der Waals surface area contributed by atoms with Crippen LogP contribution in [-0.2, 0) is 14.4 Å². The van der Waals surface area contributed by atoms with E-state index >= 15 is 0 Å². The number of nitrogens with one attached hydrogen (secondary N) is 1. The van der Waals surface area contributed by atoms with Gasteiger partial charge in [0.1, 0.15) is 6.21 Å². The molecule has 0 saturated heterocycles. The standard InChI is InChI=1S/C19H17ClN4O3/c20-15-8-4-5-9-17(15)22-18(25)12-21-27-13-19(26)24-11-10-16(23-24)14-6-2-1-3-7-14/h1-9,12H,10-11,13H2,(H,22,25). The number of halogens is 1. The van der Waals surface area contributed by atoms with E-state index in [9.17, 15) is 9.59 Å². The number of nitrogens with zero attached hydrogens (tertiary/aromatic N) is 3. The van der Waals surface area contributed by atoms with E-state index in [0.29, 0.717) is 23.7 Å². The zero-order chi connectivity index (χ0) is 19.1. The lowest BCUT2D eigenvalue weighted by atomic mass is 10.1. The molecule has 0 aliphatic carbocycles. The molecule has 138 valence electrons. The highest BCUT2D eigenvalue weighted by atomic mass is 35.5. The van der Waals surface area contributed by atoms with Crippen LogP contribution in [0.5, 0.6) is 0 Å². The molecule has 3 rings (SSSR count). The summed E-state index contributed by atoms with van der Waals surface area (Å²) in [5.41, 5.74) is 2.31. The van der Waals surface area contributed by atoms with Crippen LogP contribution >= 0.6 is 11.6 Å². The summed E-state index contributed by atoms with van der Waals surface area (Å²) < 4.78 is 0. The van der Waals surface area contributed by atoms with Gasteiger partial charge in [-0.15, -0.1) is 0 Å². The summed E-state index contributed by atoms with van der Waals surface area (Å²) in [6.07, 6.45) is 1.62. The maximum Gasteiger partial charge on any atom is 0.283 e. The van der Waals surface area contributed by atoms with Gasteiger partial charge in [-0.3, -0.25) is 9.59 Å². The van der Waals surface area contributed by atoms with Crippen LogP contribution in [0.15, 0.2) is 64.9 Å². The Morgan fingerprint density at radius 3 is 2.70 bits per heavy atom. The van der Waals surface area contributed by atoms with E-state index in [1.54, 1.807) is 24.3 Å². The molecule has 0 unspecified atom stereocenters. The number of oxime groups is 1. The van der Waals surface area contributed by atoms with Gasteiger partial charge in [-0.25, -0.2) is 5.01 Å². The molecule has 1 aliphatic heterocycles. The van der Waals surface area contributed by atoms with Crippen LogP contribution in [0.2, 0.25) is 5.02 Å². The number of anilines is 1. The van der Waals surface area contributed by atoms with E-state index in [0.717, 1.165) is 17.5 Å². The predicted molar refractivity (Wildman–Crippen MR) is 104 cm³/mol. The summed E-state index contributed by atoms with van der Waals surface area (Å²) in [4.78, 5) is 28.8. The molecular weight excluding hydrogens is 368 g/mol. The van der Waals surface area contributed by atoms with Crippen molar-refractivity contribution in [3.05, 3.63) is 65.2 Å². The fourth-order valence-electron chi connectivity index (χ4n) is 2.45. The van der Waals surface area contributed by atoms with E-state index in [4.69, 9.17) is 16.4 Å². The predicted octanol–water partition coefficient (Wildman–Crippen LogP) is 2.92. The first-order valence-electron chi connectivity index (χ1n) is 8.27. The van der Waals surface area contributed by atoms with Crippen LogP contribution in [0.4, 0.5) is 5.69 Å². The van der Waals surface area contributed by atoms with Crippen LogP contribution in [0.25, 0.3) is 0 Å². The van der Waals surface area contributed by atoms with E-state index in [1.165, 1.54) is 5.01 Å². The first-order valence-corrected chi connectivity index (χ1v) is 8.65. The monoisotopic (exact) mass is 384 g/mol. The number of para-hydroxylation sites is 1. The van der Waals surface area contributed by atoms with Gasteiger partial charge in [-0.2, -0.15) is 5.10 Å². The minimum absolute atomic E-state index is 0.304. The van der Waals surface area contributed by atoms with Gasteiger partial charge >= 0.3 is 0 Å². The molecule has 1 aliphatic rings. The van der Waals surface area contributed by atoms with Crippen LogP contribution in [-0.4, -0.2) is 41.9 Å². The largest absolute Gasteiger partial charge is 0.385 e. The van der Waals surface area contributed by atoms with Crippen molar-refractivity contribution in [2.24, 2.45) is 10.3 Å². The topological polar surface area (TPSA) is 83.4 Å². The molecule has 0 saturated carbocycles. The van der Waals surface area contributed by atoms with Gasteiger partial charge in [0.2, 0.25) is 0 Å². The highest BCUT2D eigenvalue weighted by molar-refractivity contribution is 6.36. The Hall–Kier alpha value is -3.19. The second-order valence-corrected chi connectivity index (χ2v) is 6.06. The molecule has 0 spiro atoms. The van der Waals surface area contributed by atoms with E-state index < -0.39 is 5.91 Å². The van der Waals surface area contributed by atoms with Crippen molar-refractivity contribution in [2.75, 3.05) is 18.5 Å². The van der Waals surface area contributed by atoms with Crippen molar-refractivity contribution in [1.29, 1.82) is 0 Å². The van der Waals surface area contributed by atoms with Crippen molar-refractivity contribution < 1.29 is 14.4 Å². The molecule has 2 amide bonds. The van der Waals surface area contributed by atoms with Gasteiger partial charge in [0, 0.05) is 6.42 Å². The van der Waals surface area contributed by atoms with Crippen molar-refractivity contribution in [1.82, 2.24) is 5.01 Å². The third-order valence-electron chi connectivity index (χ3n) is 3.76. The second kappa shape index (κ2) is 8.95. The summed E-state index contributed by atoms with van der Waals surface area (Å²) >= 11 is 5.95. The molecule has 0 bridgehead atoms. The molecule has 0 radical (unpaired) electrons. The Kier molecular flexibility index (Phi) is 6.17. The summed E-state index contributed by atoms with van der Waals surface area (Å²) in [6, 6.07) is 16.5. The first kappa shape index (κ1) is 18.6. The van der Waals surface area contributed by atoms with Crippen molar-refractivity contribution in [3.63, 3.8) is 0 Å². The quantitative estimate of drug-likeness (QED) is 0.614. The molecule has 1 N–H and O–H groups in total. The number of amides is 2. The van der Waals surface area contributed by atoms with Crippen molar-refractivity contribution >= 4 is 41.0 Å². The van der Waals surface area contributed by atoms with Crippen LogP contribution in [0, 0.1) is 0 Å². The molecule has 8 heteroatoms. The number of hydrogen-bond acceptors (Lipinski definition) is 5. The SMILES string of the molecule is O=C(C=NOCC(=O)N1CCC(c2ccccc2)=N1)Nc1ccccc1Cl. The summed E-state index contributed by atoms with van der Waals surface area (Å²) in [6.45, 7) is 0.185. The smallest absolute Gasteiger partial charge is 0.283 e. The molecule has 0 aromatic heterocycles. The fraction of sp³-hybridized carbons (Fsp3) is 0.158. The minimum Gasteiger partial charge on any atom is -0.385 e. The van der Waals surface area contributed by atoms with Gasteiger partial charge in [0.15, 0.2) is 6.61 Å². The molecule has 7 nitrogen and oxygen atoms in total. The molecule has 0 atom stereocenters. The second-order valence-electron chi connectivity index (χ2n) is 5.66. The maximum absolute atomic E-state index is 12.1. The lowest BCUT2D eigenvalue weighted by Gasteiger charge is -2.09. The average molecular weight is 385 g/mol. The summed E-state index contributed by atoms with van der Waals surface area (Å²) in [7, 11) is 0. The lowest BCUT2D eigenvalue weighted by Crippen LogP contribution is -2.27. The number of carbonyl (C=O) groups excluding carboxylic acids is 2. The van der Waals surface area contributed by atoms with Gasteiger partial charge in [0.25, 0.3) is 11.8 Å². The number of rotatable bonds is 6. The highest BCUT2D eigenvalue weighted by Gasteiger charge is 2.21. The lowest BCUT2D eigenvalue weighted by molar-refractivity contribution is -0.135. The van der Waals surface area contributed by atoms with Gasteiger partial charge in [0.05, 0.1) is 23.0 Å². The molecule has 1 heterocycles. The first-order chi connectivity index (χ1) is 13.1. The molecule has 0 fully saturated rings. The number of benzene rings is 2. The Morgan fingerprint density at radius 2 is 1.93 bits per heavy atom. The van der Waals surface area contributed by atoms with E-state index in [1.807, 2.05) is 30.3 Å². The summed E-state index contributed by atoms with van der Waals surface area (Å²) in [5.74, 6) is -0.842. The summed E-state index contributed by atoms with van der Waals surface area (Å²) in [5, 5.41) is 12.1. The van der Waals surface area contributed by atoms with E-state index in [2.05, 4.69) is 15.6 Å². The molecular formula is C19H17ClN4O3. The maximum atomic E-state index is 12.1. The normalized spacial score (nSPS) is 13.5. The number of hydrogen-bond donors (Lipinski definition) is 1. The Morgan fingerprint density at radius 1 is 1.19 bits per heavy atom. The third-order valence-corrected chi connectivity index (χ3v) is 4.09. The highest BCUT2D eigenvalue weighted by Crippen LogP contribution is 2.20. The Balaban J connectivity index is 1.46. The zero-order valence-electron chi connectivity index (χ0n) is 14.3. The molecule has 27 heavy (non-hydrogen) atoms. The van der Waals surface area contributed by atoms with E-state index in [-0.39, 0.29) is 12.5 Å². The Labute approximate surface area is 161 Å². The van der Waals surface area contributed by atoms with Gasteiger partial charge < -0.3 is 10.2 Å². The minimum atomic E-state index is -0.513. The fourth-order valence-corrected chi connectivity index (χ4v) is 2.63. The van der Waals surface area contributed by atoms with Crippen LogP contribution in [0.1, 0.15) is 12.0 Å². The average Bonchev–Trinajstić information content (AvgIpc) is 3.18. The Bertz CT molecular complexity index is 884.